The van der Waals surface area contributed by atoms with Crippen LogP contribution >= 0.6 is 0 Å². The topological polar surface area (TPSA) is 57.0 Å². The minimum atomic E-state index is 0.177. The summed E-state index contributed by atoms with van der Waals surface area (Å²) >= 11 is 0. The van der Waals surface area contributed by atoms with E-state index in [1.54, 1.807) is 10.7 Å². The number of imidazole rings is 1. The molecule has 0 radical (unpaired) electrons. The second-order valence-corrected chi connectivity index (χ2v) is 6.84. The lowest BCUT2D eigenvalue weighted by Gasteiger charge is -2.38. The molecule has 0 N–H and O–H groups in total. The number of likely N-dealkylation sites (tertiary alicyclic amines) is 1. The van der Waals surface area contributed by atoms with Crippen molar-refractivity contribution < 1.29 is 4.79 Å². The Morgan fingerprint density at radius 1 is 1.17 bits per heavy atom. The number of carbonyl (C=O) groups is 1. The van der Waals surface area contributed by atoms with Crippen LogP contribution in [0.25, 0.3) is 5.65 Å². The zero-order valence-corrected chi connectivity index (χ0v) is 14.1. The molecule has 1 atom stereocenters. The van der Waals surface area contributed by atoms with E-state index in [4.69, 9.17) is 0 Å². The second kappa shape index (κ2) is 6.39. The van der Waals surface area contributed by atoms with E-state index >= 15 is 0 Å². The van der Waals surface area contributed by atoms with Gasteiger partial charge in [-0.2, -0.15) is 0 Å². The first-order valence-electron chi connectivity index (χ1n) is 8.73. The van der Waals surface area contributed by atoms with E-state index < -0.39 is 0 Å². The summed E-state index contributed by atoms with van der Waals surface area (Å²) in [5, 5.41) is 4.60. The van der Waals surface area contributed by atoms with Crippen molar-refractivity contribution in [3.05, 3.63) is 24.5 Å². The van der Waals surface area contributed by atoms with Crippen molar-refractivity contribution in [2.24, 2.45) is 5.92 Å². The van der Waals surface area contributed by atoms with Gasteiger partial charge in [0.05, 0.1) is 5.92 Å². The van der Waals surface area contributed by atoms with Gasteiger partial charge in [0.2, 0.25) is 5.91 Å². The van der Waals surface area contributed by atoms with Crippen molar-refractivity contribution in [3.63, 3.8) is 0 Å². The van der Waals surface area contributed by atoms with Crippen molar-refractivity contribution in [2.45, 2.75) is 12.8 Å². The van der Waals surface area contributed by atoms with Crippen molar-refractivity contribution in [1.82, 2.24) is 24.4 Å². The highest BCUT2D eigenvalue weighted by molar-refractivity contribution is 5.79. The number of fused-ring (bicyclic) bond motifs is 1. The predicted octanol–water partition coefficient (Wildman–Crippen LogP) is 0.720. The van der Waals surface area contributed by atoms with E-state index in [-0.39, 0.29) is 5.92 Å². The van der Waals surface area contributed by atoms with Crippen LogP contribution in [0.4, 0.5) is 5.82 Å². The minimum Gasteiger partial charge on any atom is -0.352 e. The van der Waals surface area contributed by atoms with Crippen LogP contribution in [-0.4, -0.2) is 76.6 Å². The first-order valence-corrected chi connectivity index (χ1v) is 8.73. The molecule has 1 amide bonds. The first kappa shape index (κ1) is 15.4. The van der Waals surface area contributed by atoms with Gasteiger partial charge in [-0.05, 0) is 38.6 Å². The summed E-state index contributed by atoms with van der Waals surface area (Å²) in [4.78, 5) is 23.5. The van der Waals surface area contributed by atoms with Gasteiger partial charge in [0, 0.05) is 45.1 Å². The first-order chi connectivity index (χ1) is 11.7. The molecule has 0 aliphatic carbocycles. The number of hydrogen-bond acceptors (Lipinski definition) is 5. The molecule has 4 heterocycles. The van der Waals surface area contributed by atoms with Crippen LogP contribution in [0.15, 0.2) is 24.5 Å². The molecule has 7 nitrogen and oxygen atoms in total. The molecule has 0 unspecified atom stereocenters. The Labute approximate surface area is 141 Å². The van der Waals surface area contributed by atoms with Crippen molar-refractivity contribution >= 4 is 17.4 Å². The fraction of sp³-hybridized carbons (Fsp3) is 0.588. The molecule has 2 aromatic rings. The summed E-state index contributed by atoms with van der Waals surface area (Å²) in [5.74, 6) is 1.46. The van der Waals surface area contributed by atoms with Gasteiger partial charge in [-0.15, -0.1) is 5.10 Å². The van der Waals surface area contributed by atoms with Crippen LogP contribution in [-0.2, 0) is 4.79 Å². The molecule has 0 spiro atoms. The molecule has 2 aliphatic heterocycles. The van der Waals surface area contributed by atoms with Gasteiger partial charge >= 0.3 is 0 Å². The van der Waals surface area contributed by atoms with Gasteiger partial charge in [-0.25, -0.2) is 9.50 Å². The number of nitrogens with zero attached hydrogens (tertiary/aromatic N) is 6. The number of aromatic nitrogens is 3. The zero-order valence-electron chi connectivity index (χ0n) is 14.1. The highest BCUT2D eigenvalue weighted by Gasteiger charge is 2.30. The summed E-state index contributed by atoms with van der Waals surface area (Å²) < 4.78 is 1.80. The van der Waals surface area contributed by atoms with Gasteiger partial charge in [0.25, 0.3) is 0 Å². The monoisotopic (exact) mass is 328 g/mol. The Bertz CT molecular complexity index is 721. The van der Waals surface area contributed by atoms with E-state index in [0.717, 1.165) is 63.6 Å². The maximum absolute atomic E-state index is 12.7. The molecule has 2 fully saturated rings. The van der Waals surface area contributed by atoms with Crippen LogP contribution < -0.4 is 4.90 Å². The fourth-order valence-electron chi connectivity index (χ4n) is 3.76. The minimum absolute atomic E-state index is 0.177. The predicted molar refractivity (Wildman–Crippen MR) is 92.0 cm³/mol. The maximum atomic E-state index is 12.7. The Morgan fingerprint density at radius 3 is 2.79 bits per heavy atom. The lowest BCUT2D eigenvalue weighted by molar-refractivity contribution is -0.137. The standard InChI is InChI=1S/C17H24N6O/c1-20-7-2-3-14(13-20)17(24)22-11-9-21(10-12-22)16-5-4-15-18-6-8-23(15)19-16/h4-6,8,14H,2-3,7,9-13H2,1H3/t14-/m0/s1. The highest BCUT2D eigenvalue weighted by Crippen LogP contribution is 2.20. The van der Waals surface area contributed by atoms with Crippen LogP contribution in [0.1, 0.15) is 12.8 Å². The molecule has 7 heteroatoms. The molecule has 2 saturated heterocycles. The van der Waals surface area contributed by atoms with E-state index in [1.165, 1.54) is 0 Å². The number of hydrogen-bond donors (Lipinski definition) is 0. The van der Waals surface area contributed by atoms with Gasteiger partial charge in [-0.1, -0.05) is 0 Å². The van der Waals surface area contributed by atoms with Crippen molar-refractivity contribution in [1.29, 1.82) is 0 Å². The molecule has 24 heavy (non-hydrogen) atoms. The molecule has 0 aromatic carbocycles. The number of anilines is 1. The van der Waals surface area contributed by atoms with E-state index in [0.29, 0.717) is 5.91 Å². The number of piperidine rings is 1. The van der Waals surface area contributed by atoms with Crippen LogP contribution in [0.3, 0.4) is 0 Å². The van der Waals surface area contributed by atoms with Gasteiger partial charge in [0.1, 0.15) is 5.82 Å². The fourth-order valence-corrected chi connectivity index (χ4v) is 3.76. The Kier molecular flexibility index (Phi) is 4.10. The number of rotatable bonds is 2. The Hall–Kier alpha value is -2.15. The molecular weight excluding hydrogens is 304 g/mol. The van der Waals surface area contributed by atoms with Gasteiger partial charge < -0.3 is 14.7 Å². The van der Waals surface area contributed by atoms with Crippen molar-refractivity contribution in [3.8, 4) is 0 Å². The third kappa shape index (κ3) is 2.96. The third-order valence-corrected chi connectivity index (χ3v) is 5.13. The van der Waals surface area contributed by atoms with Crippen LogP contribution in [0.5, 0.6) is 0 Å². The molecule has 0 bridgehead atoms. The summed E-state index contributed by atoms with van der Waals surface area (Å²) in [6.45, 7) is 5.24. The molecule has 4 rings (SSSR count). The largest absolute Gasteiger partial charge is 0.352 e. The lowest BCUT2D eigenvalue weighted by atomic mass is 9.96. The van der Waals surface area contributed by atoms with Crippen LogP contribution in [0, 0.1) is 5.92 Å². The number of carbonyl (C=O) groups excluding carboxylic acids is 1. The average Bonchev–Trinajstić information content (AvgIpc) is 3.09. The smallest absolute Gasteiger partial charge is 0.227 e. The third-order valence-electron chi connectivity index (χ3n) is 5.13. The zero-order chi connectivity index (χ0) is 16.5. The normalized spacial score (nSPS) is 23.0. The Balaban J connectivity index is 1.38. The molecular formula is C17H24N6O. The molecule has 2 aromatic heterocycles. The Morgan fingerprint density at radius 2 is 2.00 bits per heavy atom. The van der Waals surface area contributed by atoms with E-state index in [2.05, 4.69) is 26.9 Å². The summed E-state index contributed by atoms with van der Waals surface area (Å²) in [7, 11) is 2.11. The summed E-state index contributed by atoms with van der Waals surface area (Å²) in [5.41, 5.74) is 0.856. The maximum Gasteiger partial charge on any atom is 0.227 e. The molecule has 0 saturated carbocycles. The number of amides is 1. The van der Waals surface area contributed by atoms with Gasteiger partial charge in [-0.3, -0.25) is 4.79 Å². The van der Waals surface area contributed by atoms with Crippen LogP contribution in [0.2, 0.25) is 0 Å². The summed E-state index contributed by atoms with van der Waals surface area (Å²) in [6.07, 6.45) is 5.77. The van der Waals surface area contributed by atoms with Crippen molar-refractivity contribution in [2.75, 3.05) is 51.2 Å². The van der Waals surface area contributed by atoms with Gasteiger partial charge in [0.15, 0.2) is 5.65 Å². The average molecular weight is 328 g/mol. The summed E-state index contributed by atoms with van der Waals surface area (Å²) in [6, 6.07) is 3.99. The molecule has 2 aliphatic rings. The second-order valence-electron chi connectivity index (χ2n) is 6.84. The SMILES string of the molecule is CN1CCC[C@H](C(=O)N2CCN(c3ccc4nccn4n3)CC2)C1. The van der Waals surface area contributed by atoms with E-state index in [9.17, 15) is 4.79 Å². The van der Waals surface area contributed by atoms with E-state index in [1.807, 2.05) is 23.2 Å². The highest BCUT2D eigenvalue weighted by atomic mass is 16.2. The lowest BCUT2D eigenvalue weighted by Crippen LogP contribution is -2.52. The quantitative estimate of drug-likeness (QED) is 0.813. The number of piperazine rings is 1. The molecule has 128 valence electrons.